The summed E-state index contributed by atoms with van der Waals surface area (Å²) in [4.78, 5) is 35.4. The second-order valence-corrected chi connectivity index (χ2v) is 5.96. The number of β-lactam (4-membered cyclic amide) rings is 1. The maximum absolute atomic E-state index is 11.4. The minimum absolute atomic E-state index is 0.0129. The first kappa shape index (κ1) is 14.9. The van der Waals surface area contributed by atoms with E-state index in [-0.39, 0.29) is 22.9 Å². The molecule has 0 saturated carbocycles. The fourth-order valence-corrected chi connectivity index (χ4v) is 3.63. The molecule has 20 heavy (non-hydrogen) atoms. The van der Waals surface area contributed by atoms with Crippen LogP contribution in [0.3, 0.4) is 0 Å². The number of allylic oxidation sites excluding steroid dienone is 1. The predicted octanol–water partition coefficient (Wildman–Crippen LogP) is 0.399. The van der Waals surface area contributed by atoms with Gasteiger partial charge in [-0.15, -0.1) is 11.8 Å². The van der Waals surface area contributed by atoms with Crippen molar-refractivity contribution in [1.82, 2.24) is 15.8 Å². The van der Waals surface area contributed by atoms with Crippen molar-refractivity contribution in [2.24, 2.45) is 0 Å². The van der Waals surface area contributed by atoms with Gasteiger partial charge in [0.2, 0.25) is 11.8 Å². The van der Waals surface area contributed by atoms with E-state index in [2.05, 4.69) is 10.9 Å². The van der Waals surface area contributed by atoms with Gasteiger partial charge in [-0.25, -0.2) is 10.2 Å². The third-order valence-electron chi connectivity index (χ3n) is 3.11. The van der Waals surface area contributed by atoms with Gasteiger partial charge in [0.25, 0.3) is 0 Å². The smallest absolute Gasteiger partial charge is 0.353 e. The number of nitrogens with zero attached hydrogens (tertiary/aromatic N) is 1. The molecule has 1 atom stereocenters. The average Bonchev–Trinajstić information content (AvgIpc) is 2.66. The zero-order chi connectivity index (χ0) is 14.7. The van der Waals surface area contributed by atoms with E-state index in [0.717, 1.165) is 17.7 Å². The summed E-state index contributed by atoms with van der Waals surface area (Å²) in [6.07, 6.45) is 2.69. The van der Waals surface area contributed by atoms with E-state index in [9.17, 15) is 19.5 Å². The van der Waals surface area contributed by atoms with Crippen LogP contribution in [0.5, 0.6) is 0 Å². The Hall–Kier alpha value is -1.54. The Morgan fingerprint density at radius 3 is 2.80 bits per heavy atom. The fourth-order valence-electron chi connectivity index (χ4n) is 2.19. The lowest BCUT2D eigenvalue weighted by Gasteiger charge is -2.33. The summed E-state index contributed by atoms with van der Waals surface area (Å²) in [6, 6.07) is 0. The largest absolute Gasteiger partial charge is 0.477 e. The van der Waals surface area contributed by atoms with E-state index in [0.29, 0.717) is 19.4 Å². The fraction of sp³-hybridized carbons (Fsp3) is 0.583. The van der Waals surface area contributed by atoms with Crippen molar-refractivity contribution < 1.29 is 19.5 Å². The van der Waals surface area contributed by atoms with Gasteiger partial charge in [-0.3, -0.25) is 19.9 Å². The Morgan fingerprint density at radius 1 is 1.45 bits per heavy atom. The molecule has 0 aromatic heterocycles. The quantitative estimate of drug-likeness (QED) is 0.357. The molecule has 0 aromatic rings. The highest BCUT2D eigenvalue weighted by molar-refractivity contribution is 8.04. The lowest BCUT2D eigenvalue weighted by Crippen LogP contribution is -2.48. The standard InChI is InChI=1S/C12H17N3O4S/c1-7(16)14-13-5-3-2-4-8-11(12(18)19)15-9(17)6-10(15)20-8/h10,13H,2-6H2,1H3,(H,14,16)(H,18,19)/t10-/m1/s1. The van der Waals surface area contributed by atoms with Crippen molar-refractivity contribution in [2.75, 3.05) is 6.54 Å². The maximum atomic E-state index is 11.4. The van der Waals surface area contributed by atoms with Crippen LogP contribution in [0.4, 0.5) is 0 Å². The summed E-state index contributed by atoms with van der Waals surface area (Å²) in [7, 11) is 0. The molecule has 2 amide bonds. The Bertz CT molecular complexity index is 477. The van der Waals surface area contributed by atoms with Crippen LogP contribution >= 0.6 is 11.8 Å². The average molecular weight is 299 g/mol. The number of thioether (sulfide) groups is 1. The van der Waals surface area contributed by atoms with E-state index >= 15 is 0 Å². The first-order chi connectivity index (χ1) is 9.50. The second kappa shape index (κ2) is 6.27. The lowest BCUT2D eigenvalue weighted by molar-refractivity contribution is -0.145. The summed E-state index contributed by atoms with van der Waals surface area (Å²) in [6.45, 7) is 2.05. The highest BCUT2D eigenvalue weighted by atomic mass is 32.2. The molecule has 2 rings (SSSR count). The van der Waals surface area contributed by atoms with Crippen LogP contribution in [-0.4, -0.2) is 39.7 Å². The Kier molecular flexibility index (Phi) is 4.66. The van der Waals surface area contributed by atoms with E-state index in [1.807, 2.05) is 0 Å². The summed E-state index contributed by atoms with van der Waals surface area (Å²) >= 11 is 1.48. The van der Waals surface area contributed by atoms with Crippen molar-refractivity contribution in [2.45, 2.75) is 38.0 Å². The van der Waals surface area contributed by atoms with Gasteiger partial charge in [-0.05, 0) is 19.3 Å². The third-order valence-corrected chi connectivity index (χ3v) is 4.44. The first-order valence-electron chi connectivity index (χ1n) is 6.45. The maximum Gasteiger partial charge on any atom is 0.353 e. The van der Waals surface area contributed by atoms with E-state index < -0.39 is 5.97 Å². The van der Waals surface area contributed by atoms with Crippen LogP contribution in [0.25, 0.3) is 0 Å². The van der Waals surface area contributed by atoms with Gasteiger partial charge in [0.1, 0.15) is 5.70 Å². The molecule has 7 nitrogen and oxygen atoms in total. The molecular formula is C12H17N3O4S. The molecule has 2 aliphatic rings. The predicted molar refractivity (Wildman–Crippen MR) is 73.2 cm³/mol. The SMILES string of the molecule is CC(=O)NNCCCCC1=C(C(=O)O)N2C(=O)C[C@H]2S1. The second-order valence-electron chi connectivity index (χ2n) is 4.68. The van der Waals surface area contributed by atoms with Crippen molar-refractivity contribution in [3.8, 4) is 0 Å². The number of hydrogen-bond acceptors (Lipinski definition) is 5. The van der Waals surface area contributed by atoms with Gasteiger partial charge in [0.15, 0.2) is 0 Å². The monoisotopic (exact) mass is 299 g/mol. The topological polar surface area (TPSA) is 98.7 Å². The normalized spacial score (nSPS) is 20.8. The molecule has 0 radical (unpaired) electrons. The molecule has 1 fully saturated rings. The number of unbranched alkanes of at least 4 members (excludes halogenated alkanes) is 1. The van der Waals surface area contributed by atoms with Gasteiger partial charge in [-0.1, -0.05) is 0 Å². The Morgan fingerprint density at radius 2 is 2.20 bits per heavy atom. The minimum Gasteiger partial charge on any atom is -0.477 e. The summed E-state index contributed by atoms with van der Waals surface area (Å²) < 4.78 is 0. The highest BCUT2D eigenvalue weighted by Gasteiger charge is 2.47. The molecule has 0 bridgehead atoms. The van der Waals surface area contributed by atoms with Gasteiger partial charge < -0.3 is 5.11 Å². The van der Waals surface area contributed by atoms with Gasteiger partial charge >= 0.3 is 5.97 Å². The minimum atomic E-state index is -1.03. The molecule has 1 saturated heterocycles. The van der Waals surface area contributed by atoms with Crippen LogP contribution in [0.15, 0.2) is 10.6 Å². The van der Waals surface area contributed by atoms with Gasteiger partial charge in [0, 0.05) is 18.4 Å². The molecule has 0 aliphatic carbocycles. The summed E-state index contributed by atoms with van der Waals surface area (Å²) in [5.74, 6) is -1.28. The number of carboxylic acid groups (broad SMARTS) is 1. The van der Waals surface area contributed by atoms with E-state index in [1.54, 1.807) is 0 Å². The van der Waals surface area contributed by atoms with Gasteiger partial charge in [0.05, 0.1) is 11.8 Å². The van der Waals surface area contributed by atoms with Crippen LogP contribution in [0.2, 0.25) is 0 Å². The van der Waals surface area contributed by atoms with Gasteiger partial charge in [-0.2, -0.15) is 0 Å². The molecule has 2 heterocycles. The molecular weight excluding hydrogens is 282 g/mol. The first-order valence-corrected chi connectivity index (χ1v) is 7.33. The number of carbonyl (C=O) groups excluding carboxylic acids is 2. The zero-order valence-corrected chi connectivity index (χ0v) is 12.0. The highest BCUT2D eigenvalue weighted by Crippen LogP contribution is 2.47. The van der Waals surface area contributed by atoms with Crippen LogP contribution < -0.4 is 10.9 Å². The van der Waals surface area contributed by atoms with Crippen LogP contribution in [-0.2, 0) is 14.4 Å². The molecule has 0 aromatic carbocycles. The molecule has 110 valence electrons. The van der Waals surface area contributed by atoms with Crippen molar-refractivity contribution in [3.63, 3.8) is 0 Å². The molecule has 3 N–H and O–H groups in total. The summed E-state index contributed by atoms with van der Waals surface area (Å²) in [5.41, 5.74) is 5.41. The number of amides is 2. The molecule has 8 heteroatoms. The number of carbonyl (C=O) groups is 3. The number of nitrogens with one attached hydrogen (secondary N) is 2. The number of aliphatic carboxylic acids is 1. The number of hydrogen-bond donors (Lipinski definition) is 3. The van der Waals surface area contributed by atoms with Crippen LogP contribution in [0, 0.1) is 0 Å². The lowest BCUT2D eigenvalue weighted by atomic mass is 10.1. The molecule has 0 spiro atoms. The zero-order valence-electron chi connectivity index (χ0n) is 11.1. The summed E-state index contributed by atoms with van der Waals surface area (Å²) in [5, 5.41) is 9.19. The molecule has 2 aliphatic heterocycles. The van der Waals surface area contributed by atoms with Crippen molar-refractivity contribution in [3.05, 3.63) is 10.6 Å². The number of hydrazine groups is 1. The number of rotatable bonds is 7. The number of carboxylic acids is 1. The Balaban J connectivity index is 1.79. The third kappa shape index (κ3) is 3.13. The van der Waals surface area contributed by atoms with E-state index in [4.69, 9.17) is 0 Å². The Labute approximate surface area is 120 Å². The van der Waals surface area contributed by atoms with Crippen molar-refractivity contribution in [1.29, 1.82) is 0 Å². The molecule has 0 unspecified atom stereocenters. The number of fused-ring (bicyclic) bond motifs is 1. The van der Waals surface area contributed by atoms with Crippen molar-refractivity contribution >= 4 is 29.5 Å². The van der Waals surface area contributed by atoms with Crippen LogP contribution in [0.1, 0.15) is 32.6 Å². The van der Waals surface area contributed by atoms with E-state index in [1.165, 1.54) is 23.6 Å².